The van der Waals surface area contributed by atoms with Crippen LogP contribution in [0.25, 0.3) is 0 Å². The van der Waals surface area contributed by atoms with Gasteiger partial charge in [0.1, 0.15) is 12.4 Å². The van der Waals surface area contributed by atoms with Gasteiger partial charge in [-0.3, -0.25) is 0 Å². The van der Waals surface area contributed by atoms with Crippen LogP contribution < -0.4 is 16.0 Å². The van der Waals surface area contributed by atoms with Gasteiger partial charge >= 0.3 is 0 Å². The molecule has 2 aromatic rings. The maximum atomic E-state index is 6.01. The number of benzene rings is 1. The van der Waals surface area contributed by atoms with Gasteiger partial charge in [0, 0.05) is 5.02 Å². The number of hydrogen-bond donors (Lipinski definition) is 2. The summed E-state index contributed by atoms with van der Waals surface area (Å²) in [5.74, 6) is 6.21. The first-order chi connectivity index (χ1) is 9.10. The zero-order chi connectivity index (χ0) is 13.8. The maximum Gasteiger partial charge on any atom is 0.157 e. The highest BCUT2D eigenvalue weighted by atomic mass is 35.5. The Morgan fingerprint density at radius 3 is 2.47 bits per heavy atom. The first-order valence-corrected chi connectivity index (χ1v) is 6.43. The second-order valence-corrected chi connectivity index (χ2v) is 4.90. The molecule has 0 atom stereocenters. The molecule has 0 spiro atoms. The second kappa shape index (κ2) is 6.30. The Hall–Kier alpha value is -1.20. The molecule has 0 aliphatic rings. The fourth-order valence-corrected chi connectivity index (χ4v) is 2.38. The van der Waals surface area contributed by atoms with E-state index in [4.69, 9.17) is 45.4 Å². The molecule has 4 nitrogen and oxygen atoms in total. The van der Waals surface area contributed by atoms with E-state index in [1.165, 1.54) is 0 Å². The molecule has 0 amide bonds. The minimum Gasteiger partial charge on any atom is -0.484 e. The number of hydrogen-bond acceptors (Lipinski definition) is 4. The molecule has 0 aliphatic carbocycles. The van der Waals surface area contributed by atoms with Crippen molar-refractivity contribution in [3.8, 4) is 5.75 Å². The molecule has 7 heteroatoms. The molecule has 0 radical (unpaired) electrons. The van der Waals surface area contributed by atoms with Crippen LogP contribution in [0, 0.1) is 0 Å². The van der Waals surface area contributed by atoms with Crippen LogP contribution in [0.5, 0.6) is 5.75 Å². The molecule has 1 aromatic carbocycles. The smallest absolute Gasteiger partial charge is 0.157 e. The van der Waals surface area contributed by atoms with Crippen molar-refractivity contribution in [1.82, 2.24) is 4.98 Å². The Balaban J connectivity index is 2.14. The van der Waals surface area contributed by atoms with Crippen LogP contribution in [0.4, 0.5) is 5.82 Å². The summed E-state index contributed by atoms with van der Waals surface area (Å²) in [6.45, 7) is 0.219. The fourth-order valence-electron chi connectivity index (χ4n) is 1.45. The molecule has 0 saturated heterocycles. The van der Waals surface area contributed by atoms with Gasteiger partial charge < -0.3 is 10.2 Å². The molecule has 0 bridgehead atoms. The Kier molecular flexibility index (Phi) is 4.71. The third kappa shape index (κ3) is 3.64. The van der Waals surface area contributed by atoms with E-state index in [-0.39, 0.29) is 6.61 Å². The second-order valence-electron chi connectivity index (χ2n) is 3.65. The van der Waals surface area contributed by atoms with Crippen molar-refractivity contribution in [2.24, 2.45) is 5.84 Å². The summed E-state index contributed by atoms with van der Waals surface area (Å²) < 4.78 is 5.55. The SMILES string of the molecule is NNc1cccc(COc2c(Cl)cc(Cl)cc2Cl)n1. The van der Waals surface area contributed by atoms with Gasteiger partial charge in [-0.15, -0.1) is 0 Å². The lowest BCUT2D eigenvalue weighted by atomic mass is 10.3. The number of hydrazine groups is 1. The standard InChI is InChI=1S/C12H10Cl3N3O/c13-7-4-9(14)12(10(15)5-7)19-6-8-2-1-3-11(17-8)18-16/h1-5H,6,16H2,(H,17,18). The largest absolute Gasteiger partial charge is 0.484 e. The summed E-state index contributed by atoms with van der Waals surface area (Å²) in [6, 6.07) is 8.49. The molecular weight excluding hydrogens is 309 g/mol. The van der Waals surface area contributed by atoms with Crippen LogP contribution in [0.1, 0.15) is 5.69 Å². The Labute approximate surface area is 125 Å². The number of ether oxygens (including phenoxy) is 1. The molecule has 1 aromatic heterocycles. The van der Waals surface area contributed by atoms with Crippen molar-refractivity contribution >= 4 is 40.6 Å². The number of nitrogens with two attached hydrogens (primary N) is 1. The lowest BCUT2D eigenvalue weighted by molar-refractivity contribution is 0.302. The number of halogens is 3. The average molecular weight is 319 g/mol. The van der Waals surface area contributed by atoms with Gasteiger partial charge in [0.2, 0.25) is 0 Å². The molecule has 0 aliphatic heterocycles. The van der Waals surface area contributed by atoms with Gasteiger partial charge in [0.25, 0.3) is 0 Å². The Morgan fingerprint density at radius 2 is 1.84 bits per heavy atom. The van der Waals surface area contributed by atoms with Crippen LogP contribution in [-0.4, -0.2) is 4.98 Å². The Morgan fingerprint density at radius 1 is 1.16 bits per heavy atom. The van der Waals surface area contributed by atoms with Crippen molar-refractivity contribution in [3.63, 3.8) is 0 Å². The number of rotatable bonds is 4. The molecule has 0 saturated carbocycles. The quantitative estimate of drug-likeness (QED) is 0.663. The van der Waals surface area contributed by atoms with E-state index < -0.39 is 0 Å². The zero-order valence-corrected chi connectivity index (χ0v) is 11.9. The van der Waals surface area contributed by atoms with Crippen LogP contribution in [-0.2, 0) is 6.61 Å². The minimum atomic E-state index is 0.219. The van der Waals surface area contributed by atoms with Crippen LogP contribution in [0.15, 0.2) is 30.3 Å². The van der Waals surface area contributed by atoms with Crippen molar-refractivity contribution < 1.29 is 4.74 Å². The van der Waals surface area contributed by atoms with E-state index in [1.807, 2.05) is 6.07 Å². The van der Waals surface area contributed by atoms with Gasteiger partial charge in [-0.1, -0.05) is 40.9 Å². The summed E-state index contributed by atoms with van der Waals surface area (Å²) in [7, 11) is 0. The number of nitrogens with one attached hydrogen (secondary N) is 1. The monoisotopic (exact) mass is 317 g/mol. The predicted octanol–water partition coefficient (Wildman–Crippen LogP) is 3.91. The normalized spacial score (nSPS) is 10.3. The van der Waals surface area contributed by atoms with E-state index in [1.54, 1.807) is 24.3 Å². The van der Waals surface area contributed by atoms with Gasteiger partial charge in [0.05, 0.1) is 15.7 Å². The number of pyridine rings is 1. The zero-order valence-electron chi connectivity index (χ0n) is 9.66. The summed E-state index contributed by atoms with van der Waals surface area (Å²) in [6.07, 6.45) is 0. The maximum absolute atomic E-state index is 6.01. The molecule has 0 fully saturated rings. The first-order valence-electron chi connectivity index (χ1n) is 5.30. The summed E-state index contributed by atoms with van der Waals surface area (Å²) in [5.41, 5.74) is 3.15. The molecule has 0 unspecified atom stereocenters. The summed E-state index contributed by atoms with van der Waals surface area (Å²) in [5, 5.41) is 1.16. The molecule has 1 heterocycles. The summed E-state index contributed by atoms with van der Waals surface area (Å²) >= 11 is 17.8. The van der Waals surface area contributed by atoms with Gasteiger partial charge in [-0.2, -0.15) is 0 Å². The summed E-state index contributed by atoms with van der Waals surface area (Å²) in [4.78, 5) is 4.21. The molecule has 19 heavy (non-hydrogen) atoms. The van der Waals surface area contributed by atoms with Crippen molar-refractivity contribution in [3.05, 3.63) is 51.1 Å². The number of anilines is 1. The predicted molar refractivity (Wildman–Crippen MR) is 77.9 cm³/mol. The first kappa shape index (κ1) is 14.2. The highest BCUT2D eigenvalue weighted by Gasteiger charge is 2.09. The van der Waals surface area contributed by atoms with Crippen molar-refractivity contribution in [1.29, 1.82) is 0 Å². The number of aromatic nitrogens is 1. The Bertz CT molecular complexity index is 569. The van der Waals surface area contributed by atoms with Crippen LogP contribution in [0.2, 0.25) is 15.1 Å². The fraction of sp³-hybridized carbons (Fsp3) is 0.0833. The lowest BCUT2D eigenvalue weighted by Crippen LogP contribution is -2.09. The molecule has 2 rings (SSSR count). The highest BCUT2D eigenvalue weighted by molar-refractivity contribution is 6.40. The van der Waals surface area contributed by atoms with Gasteiger partial charge in [0.15, 0.2) is 5.75 Å². The van der Waals surface area contributed by atoms with Gasteiger partial charge in [-0.25, -0.2) is 10.8 Å². The molecular formula is C12H10Cl3N3O. The van der Waals surface area contributed by atoms with E-state index in [2.05, 4.69) is 10.4 Å². The topological polar surface area (TPSA) is 60.2 Å². The highest BCUT2D eigenvalue weighted by Crippen LogP contribution is 2.36. The van der Waals surface area contributed by atoms with E-state index in [0.29, 0.717) is 32.3 Å². The van der Waals surface area contributed by atoms with E-state index in [0.717, 1.165) is 0 Å². The number of nitrogens with zero attached hydrogens (tertiary/aromatic N) is 1. The molecule has 3 N–H and O–H groups in total. The molecule has 100 valence electrons. The third-order valence-corrected chi connectivity index (χ3v) is 3.06. The third-order valence-electron chi connectivity index (χ3n) is 2.28. The van der Waals surface area contributed by atoms with Crippen LogP contribution in [0.3, 0.4) is 0 Å². The van der Waals surface area contributed by atoms with E-state index >= 15 is 0 Å². The van der Waals surface area contributed by atoms with Crippen LogP contribution >= 0.6 is 34.8 Å². The number of nitrogen functional groups attached to an aromatic ring is 1. The van der Waals surface area contributed by atoms with Crippen molar-refractivity contribution in [2.75, 3.05) is 5.43 Å². The van der Waals surface area contributed by atoms with E-state index in [9.17, 15) is 0 Å². The van der Waals surface area contributed by atoms with Crippen molar-refractivity contribution in [2.45, 2.75) is 6.61 Å². The lowest BCUT2D eigenvalue weighted by Gasteiger charge is -2.10. The minimum absolute atomic E-state index is 0.219. The van der Waals surface area contributed by atoms with Gasteiger partial charge in [-0.05, 0) is 24.3 Å². The average Bonchev–Trinajstić information content (AvgIpc) is 2.37.